The van der Waals surface area contributed by atoms with E-state index in [4.69, 9.17) is 0 Å². The number of hydrogen-bond donors (Lipinski definition) is 1. The second-order valence-corrected chi connectivity index (χ2v) is 4.68. The van der Waals surface area contributed by atoms with Crippen LogP contribution in [0.1, 0.15) is 24.4 Å². The van der Waals surface area contributed by atoms with Gasteiger partial charge >= 0.3 is 0 Å². The molecule has 1 aliphatic rings. The molecule has 0 saturated carbocycles. The third kappa shape index (κ3) is 1.91. The first kappa shape index (κ1) is 10.3. The summed E-state index contributed by atoms with van der Waals surface area (Å²) in [6.45, 7) is 0.843. The smallest absolute Gasteiger partial charge is 0.131 e. The van der Waals surface area contributed by atoms with Crippen molar-refractivity contribution in [2.75, 3.05) is 6.54 Å². The van der Waals surface area contributed by atoms with E-state index < -0.39 is 11.6 Å². The predicted octanol–water partition coefficient (Wildman–Crippen LogP) is 2.99. The summed E-state index contributed by atoms with van der Waals surface area (Å²) in [5.41, 5.74) is 0.197. The molecule has 2 rings (SSSR count). The van der Waals surface area contributed by atoms with E-state index in [9.17, 15) is 8.78 Å². The van der Waals surface area contributed by atoms with Crippen molar-refractivity contribution in [2.24, 2.45) is 0 Å². The Balaban J connectivity index is 2.40. The zero-order chi connectivity index (χ0) is 10.1. The van der Waals surface area contributed by atoms with Crippen LogP contribution >= 0.6 is 22.6 Å². The maximum absolute atomic E-state index is 13.5. The van der Waals surface area contributed by atoms with E-state index in [-0.39, 0.29) is 11.6 Å². The largest absolute Gasteiger partial charge is 0.310 e. The van der Waals surface area contributed by atoms with Gasteiger partial charge in [-0.3, -0.25) is 0 Å². The topological polar surface area (TPSA) is 12.0 Å². The van der Waals surface area contributed by atoms with Crippen molar-refractivity contribution < 1.29 is 8.78 Å². The van der Waals surface area contributed by atoms with Crippen LogP contribution in [0.25, 0.3) is 0 Å². The summed E-state index contributed by atoms with van der Waals surface area (Å²) in [4.78, 5) is 0. The summed E-state index contributed by atoms with van der Waals surface area (Å²) in [5.74, 6) is -0.873. The van der Waals surface area contributed by atoms with Crippen LogP contribution in [-0.2, 0) is 0 Å². The molecule has 1 N–H and O–H groups in total. The van der Waals surface area contributed by atoms with Gasteiger partial charge in [0.15, 0.2) is 0 Å². The Labute approximate surface area is 95.0 Å². The molecule has 1 atom stereocenters. The Kier molecular flexibility index (Phi) is 3.02. The molecule has 1 aromatic rings. The molecule has 0 spiro atoms. The van der Waals surface area contributed by atoms with Gasteiger partial charge in [-0.25, -0.2) is 8.78 Å². The average molecular weight is 309 g/mol. The maximum atomic E-state index is 13.5. The lowest BCUT2D eigenvalue weighted by molar-refractivity contribution is 0.506. The molecule has 4 heteroatoms. The predicted molar refractivity (Wildman–Crippen MR) is 59.1 cm³/mol. The first-order valence-electron chi connectivity index (χ1n) is 4.56. The molecule has 1 saturated heterocycles. The van der Waals surface area contributed by atoms with Gasteiger partial charge in [0.25, 0.3) is 0 Å². The van der Waals surface area contributed by atoms with Crippen molar-refractivity contribution in [1.82, 2.24) is 5.32 Å². The summed E-state index contributed by atoms with van der Waals surface area (Å²) in [5, 5.41) is 3.09. The number of hydrogen-bond acceptors (Lipinski definition) is 1. The monoisotopic (exact) mass is 309 g/mol. The van der Waals surface area contributed by atoms with Crippen LogP contribution in [0.4, 0.5) is 8.78 Å². The first-order chi connectivity index (χ1) is 6.68. The Hall–Kier alpha value is -0.230. The van der Waals surface area contributed by atoms with Gasteiger partial charge in [-0.15, -0.1) is 0 Å². The van der Waals surface area contributed by atoms with E-state index in [1.807, 2.05) is 22.6 Å². The minimum absolute atomic E-state index is 0.146. The van der Waals surface area contributed by atoms with Gasteiger partial charge in [-0.05, 0) is 54.1 Å². The molecular formula is C10H10F2IN. The molecule has 0 unspecified atom stereocenters. The highest BCUT2D eigenvalue weighted by atomic mass is 127. The fourth-order valence-electron chi connectivity index (χ4n) is 1.82. The lowest BCUT2D eigenvalue weighted by atomic mass is 10.0. The third-order valence-electron chi connectivity index (χ3n) is 2.45. The van der Waals surface area contributed by atoms with Crippen LogP contribution < -0.4 is 5.32 Å². The van der Waals surface area contributed by atoms with Crippen LogP contribution in [0.15, 0.2) is 12.1 Å². The highest BCUT2D eigenvalue weighted by Crippen LogP contribution is 2.28. The lowest BCUT2D eigenvalue weighted by Crippen LogP contribution is -2.16. The molecule has 1 aromatic carbocycles. The van der Waals surface area contributed by atoms with Crippen LogP contribution in [0.5, 0.6) is 0 Å². The van der Waals surface area contributed by atoms with Crippen molar-refractivity contribution in [2.45, 2.75) is 18.9 Å². The Bertz CT molecular complexity index is 325. The second-order valence-electron chi connectivity index (χ2n) is 3.43. The summed E-state index contributed by atoms with van der Waals surface area (Å²) in [6, 6.07) is 2.60. The maximum Gasteiger partial charge on any atom is 0.131 e. The Morgan fingerprint density at radius 3 is 2.43 bits per heavy atom. The van der Waals surface area contributed by atoms with Gasteiger partial charge in [-0.2, -0.15) is 0 Å². The molecular weight excluding hydrogens is 299 g/mol. The minimum atomic E-state index is -0.436. The molecule has 1 nitrogen and oxygen atoms in total. The second kappa shape index (κ2) is 4.10. The summed E-state index contributed by atoms with van der Waals surface area (Å²) in [7, 11) is 0. The SMILES string of the molecule is Fc1cc(I)cc(F)c1[C@@H]1CCCN1. The molecule has 1 aliphatic heterocycles. The molecule has 0 bridgehead atoms. The quantitative estimate of drug-likeness (QED) is 0.787. The number of halogens is 3. The summed E-state index contributed by atoms with van der Waals surface area (Å²) in [6.07, 6.45) is 1.80. The Morgan fingerprint density at radius 1 is 1.29 bits per heavy atom. The molecule has 0 aromatic heterocycles. The van der Waals surface area contributed by atoms with Crippen LogP contribution in [0, 0.1) is 15.2 Å². The molecule has 0 radical (unpaired) electrons. The molecule has 0 aliphatic carbocycles. The van der Waals surface area contributed by atoms with Crippen molar-refractivity contribution in [3.8, 4) is 0 Å². The standard InChI is InChI=1S/C10H10F2IN/c11-7-4-6(13)5-8(12)10(7)9-2-1-3-14-9/h4-5,9,14H,1-3H2/t9-/m0/s1. The van der Waals surface area contributed by atoms with Gasteiger partial charge in [0.05, 0.1) is 0 Å². The molecule has 0 amide bonds. The third-order valence-corrected chi connectivity index (χ3v) is 3.08. The minimum Gasteiger partial charge on any atom is -0.310 e. The normalized spacial score (nSPS) is 21.5. The van der Waals surface area contributed by atoms with Crippen molar-refractivity contribution in [3.05, 3.63) is 32.9 Å². The fourth-order valence-corrected chi connectivity index (χ4v) is 2.36. The first-order valence-corrected chi connectivity index (χ1v) is 5.64. The summed E-state index contributed by atoms with van der Waals surface area (Å²) < 4.78 is 27.6. The van der Waals surface area contributed by atoms with Crippen LogP contribution in [0.3, 0.4) is 0 Å². The van der Waals surface area contributed by atoms with E-state index in [1.54, 1.807) is 0 Å². The Morgan fingerprint density at radius 2 is 1.93 bits per heavy atom. The van der Waals surface area contributed by atoms with Gasteiger partial charge in [0.1, 0.15) is 11.6 Å². The number of rotatable bonds is 1. The van der Waals surface area contributed by atoms with E-state index in [0.717, 1.165) is 19.4 Å². The summed E-state index contributed by atoms with van der Waals surface area (Å²) >= 11 is 1.91. The number of nitrogens with one attached hydrogen (secondary N) is 1. The van der Waals surface area contributed by atoms with E-state index in [0.29, 0.717) is 3.57 Å². The molecule has 1 heterocycles. The van der Waals surface area contributed by atoms with Crippen molar-refractivity contribution >= 4 is 22.6 Å². The highest BCUT2D eigenvalue weighted by Gasteiger charge is 2.23. The van der Waals surface area contributed by atoms with Gasteiger partial charge in [0.2, 0.25) is 0 Å². The van der Waals surface area contributed by atoms with Crippen LogP contribution in [-0.4, -0.2) is 6.54 Å². The average Bonchev–Trinajstić information content (AvgIpc) is 2.54. The van der Waals surface area contributed by atoms with Gasteiger partial charge < -0.3 is 5.32 Å². The number of benzene rings is 1. The van der Waals surface area contributed by atoms with Crippen molar-refractivity contribution in [3.63, 3.8) is 0 Å². The zero-order valence-corrected chi connectivity index (χ0v) is 9.64. The van der Waals surface area contributed by atoms with Gasteiger partial charge in [-0.1, -0.05) is 0 Å². The molecule has 1 fully saturated rings. The zero-order valence-electron chi connectivity index (χ0n) is 7.49. The highest BCUT2D eigenvalue weighted by molar-refractivity contribution is 14.1. The van der Waals surface area contributed by atoms with E-state index in [2.05, 4.69) is 5.32 Å². The van der Waals surface area contributed by atoms with Crippen molar-refractivity contribution in [1.29, 1.82) is 0 Å². The molecule has 76 valence electrons. The van der Waals surface area contributed by atoms with E-state index in [1.165, 1.54) is 12.1 Å². The van der Waals surface area contributed by atoms with E-state index >= 15 is 0 Å². The fraction of sp³-hybridized carbons (Fsp3) is 0.400. The van der Waals surface area contributed by atoms with Gasteiger partial charge in [0, 0.05) is 15.2 Å². The lowest BCUT2D eigenvalue weighted by Gasteiger charge is -2.12. The van der Waals surface area contributed by atoms with Crippen LogP contribution in [0.2, 0.25) is 0 Å². The molecule has 14 heavy (non-hydrogen) atoms.